The number of carbonyl (C=O) groups excluding carboxylic acids is 1. The first kappa shape index (κ1) is 17.1. The molecule has 0 spiro atoms. The predicted octanol–water partition coefficient (Wildman–Crippen LogP) is 3.52. The SMILES string of the molecule is Cc1c(C(N)=O)cc(-c2csc(-c3cnccn3)n2)n1Cc1ccccc1. The molecule has 0 atom stereocenters. The van der Waals surface area contributed by atoms with E-state index in [0.29, 0.717) is 12.1 Å². The number of thiazole rings is 1. The van der Waals surface area contributed by atoms with Crippen LogP contribution in [0.2, 0.25) is 0 Å². The van der Waals surface area contributed by atoms with E-state index >= 15 is 0 Å². The number of rotatable bonds is 5. The summed E-state index contributed by atoms with van der Waals surface area (Å²) in [7, 11) is 0. The lowest BCUT2D eigenvalue weighted by Gasteiger charge is -2.11. The Hall–Kier alpha value is -3.32. The maximum atomic E-state index is 11.9. The average molecular weight is 375 g/mol. The highest BCUT2D eigenvalue weighted by atomic mass is 32.1. The second-order valence-corrected chi connectivity index (χ2v) is 6.95. The molecule has 7 heteroatoms. The number of hydrogen-bond donors (Lipinski definition) is 1. The molecule has 27 heavy (non-hydrogen) atoms. The van der Waals surface area contributed by atoms with Gasteiger partial charge in [0.1, 0.15) is 10.7 Å². The van der Waals surface area contributed by atoms with E-state index in [0.717, 1.165) is 33.3 Å². The zero-order valence-electron chi connectivity index (χ0n) is 14.7. The molecule has 1 amide bonds. The van der Waals surface area contributed by atoms with E-state index in [9.17, 15) is 4.79 Å². The Morgan fingerprint density at radius 3 is 2.70 bits per heavy atom. The standard InChI is InChI=1S/C20H17N5OS/c1-13-15(19(21)26)9-18(25(13)11-14-5-3-2-4-6-14)17-12-27-20(24-17)16-10-22-7-8-23-16/h2-10,12H,11H2,1H3,(H2,21,26). The minimum absolute atomic E-state index is 0.440. The van der Waals surface area contributed by atoms with Crippen LogP contribution in [0.4, 0.5) is 0 Å². The minimum Gasteiger partial charge on any atom is -0.366 e. The molecule has 0 unspecified atom stereocenters. The van der Waals surface area contributed by atoms with Crippen LogP contribution in [0.15, 0.2) is 60.4 Å². The zero-order chi connectivity index (χ0) is 18.8. The second-order valence-electron chi connectivity index (χ2n) is 6.09. The zero-order valence-corrected chi connectivity index (χ0v) is 15.5. The van der Waals surface area contributed by atoms with Crippen LogP contribution in [0.1, 0.15) is 21.6 Å². The Morgan fingerprint density at radius 2 is 2.00 bits per heavy atom. The molecule has 3 heterocycles. The number of primary amides is 1. The molecule has 0 aliphatic rings. The molecule has 1 aromatic carbocycles. The second kappa shape index (κ2) is 7.13. The largest absolute Gasteiger partial charge is 0.366 e. The van der Waals surface area contributed by atoms with Crippen LogP contribution in [0.25, 0.3) is 22.1 Å². The van der Waals surface area contributed by atoms with E-state index in [1.165, 1.54) is 11.3 Å². The predicted molar refractivity (Wildman–Crippen MR) is 105 cm³/mol. The van der Waals surface area contributed by atoms with Gasteiger partial charge in [0.15, 0.2) is 0 Å². The first-order valence-electron chi connectivity index (χ1n) is 8.39. The van der Waals surface area contributed by atoms with Crippen LogP contribution < -0.4 is 5.73 Å². The van der Waals surface area contributed by atoms with Crippen molar-refractivity contribution in [3.63, 3.8) is 0 Å². The van der Waals surface area contributed by atoms with Crippen LogP contribution in [-0.2, 0) is 6.54 Å². The molecule has 6 nitrogen and oxygen atoms in total. The van der Waals surface area contributed by atoms with E-state index in [-0.39, 0.29) is 0 Å². The van der Waals surface area contributed by atoms with Crippen LogP contribution in [0.5, 0.6) is 0 Å². The van der Waals surface area contributed by atoms with Gasteiger partial charge in [0.05, 0.1) is 23.1 Å². The average Bonchev–Trinajstić information content (AvgIpc) is 3.29. The van der Waals surface area contributed by atoms with Crippen LogP contribution in [0.3, 0.4) is 0 Å². The van der Waals surface area contributed by atoms with Gasteiger partial charge in [-0.2, -0.15) is 0 Å². The number of amides is 1. The maximum Gasteiger partial charge on any atom is 0.250 e. The molecular formula is C20H17N5OS. The van der Waals surface area contributed by atoms with Gasteiger partial charge in [0, 0.05) is 30.0 Å². The summed E-state index contributed by atoms with van der Waals surface area (Å²) in [4.78, 5) is 25.0. The lowest BCUT2D eigenvalue weighted by atomic mass is 10.2. The summed E-state index contributed by atoms with van der Waals surface area (Å²) >= 11 is 1.49. The van der Waals surface area contributed by atoms with E-state index in [2.05, 4.69) is 26.7 Å². The van der Waals surface area contributed by atoms with Gasteiger partial charge in [-0.1, -0.05) is 30.3 Å². The summed E-state index contributed by atoms with van der Waals surface area (Å²) in [5.74, 6) is -0.440. The van der Waals surface area contributed by atoms with Crippen molar-refractivity contribution < 1.29 is 4.79 Å². The molecule has 0 saturated carbocycles. The summed E-state index contributed by atoms with van der Waals surface area (Å²) in [6.07, 6.45) is 4.96. The summed E-state index contributed by atoms with van der Waals surface area (Å²) in [6.45, 7) is 2.54. The molecule has 4 rings (SSSR count). The highest BCUT2D eigenvalue weighted by molar-refractivity contribution is 7.13. The van der Waals surface area contributed by atoms with Crippen molar-refractivity contribution in [1.29, 1.82) is 0 Å². The Kier molecular flexibility index (Phi) is 4.52. The summed E-state index contributed by atoms with van der Waals surface area (Å²) in [5.41, 5.74) is 10.4. The summed E-state index contributed by atoms with van der Waals surface area (Å²) < 4.78 is 2.07. The monoisotopic (exact) mass is 375 g/mol. The third-order valence-electron chi connectivity index (χ3n) is 4.36. The van der Waals surface area contributed by atoms with Crippen molar-refractivity contribution in [2.45, 2.75) is 13.5 Å². The number of nitrogens with zero attached hydrogens (tertiary/aromatic N) is 4. The van der Waals surface area contributed by atoms with Crippen molar-refractivity contribution in [3.8, 4) is 22.1 Å². The van der Waals surface area contributed by atoms with Gasteiger partial charge < -0.3 is 10.3 Å². The third-order valence-corrected chi connectivity index (χ3v) is 5.23. The number of benzene rings is 1. The van der Waals surface area contributed by atoms with Gasteiger partial charge in [-0.05, 0) is 18.6 Å². The van der Waals surface area contributed by atoms with E-state index in [1.54, 1.807) is 18.6 Å². The molecule has 0 aliphatic carbocycles. The van der Waals surface area contributed by atoms with Crippen molar-refractivity contribution in [2.24, 2.45) is 5.73 Å². The Morgan fingerprint density at radius 1 is 1.19 bits per heavy atom. The Labute approximate surface area is 160 Å². The molecule has 0 aliphatic heterocycles. The fourth-order valence-electron chi connectivity index (χ4n) is 3.00. The van der Waals surface area contributed by atoms with Crippen molar-refractivity contribution in [2.75, 3.05) is 0 Å². The first-order valence-corrected chi connectivity index (χ1v) is 9.27. The minimum atomic E-state index is -0.440. The van der Waals surface area contributed by atoms with Crippen molar-refractivity contribution >= 4 is 17.2 Å². The van der Waals surface area contributed by atoms with Gasteiger partial charge in [-0.25, -0.2) is 4.98 Å². The molecule has 0 bridgehead atoms. The topological polar surface area (TPSA) is 86.7 Å². The van der Waals surface area contributed by atoms with Gasteiger partial charge in [0.25, 0.3) is 5.91 Å². The van der Waals surface area contributed by atoms with Crippen molar-refractivity contribution in [3.05, 3.63) is 77.2 Å². The highest BCUT2D eigenvalue weighted by Gasteiger charge is 2.19. The molecule has 0 fully saturated rings. The lowest BCUT2D eigenvalue weighted by molar-refractivity contribution is 0.0999. The maximum absolute atomic E-state index is 11.9. The molecule has 2 N–H and O–H groups in total. The van der Waals surface area contributed by atoms with E-state index in [1.807, 2.05) is 36.6 Å². The van der Waals surface area contributed by atoms with E-state index < -0.39 is 5.91 Å². The number of carbonyl (C=O) groups is 1. The number of aromatic nitrogens is 4. The summed E-state index contributed by atoms with van der Waals surface area (Å²) in [5, 5.41) is 2.74. The normalized spacial score (nSPS) is 10.9. The van der Waals surface area contributed by atoms with Crippen LogP contribution in [-0.4, -0.2) is 25.4 Å². The molecule has 0 saturated heterocycles. The van der Waals surface area contributed by atoms with Gasteiger partial charge in [0.2, 0.25) is 0 Å². The molecule has 4 aromatic rings. The third kappa shape index (κ3) is 3.37. The molecular weight excluding hydrogens is 358 g/mol. The van der Waals surface area contributed by atoms with Gasteiger partial charge in [-0.15, -0.1) is 11.3 Å². The fourth-order valence-corrected chi connectivity index (χ4v) is 3.77. The smallest absolute Gasteiger partial charge is 0.250 e. The Bertz CT molecular complexity index is 1090. The molecule has 3 aromatic heterocycles. The highest BCUT2D eigenvalue weighted by Crippen LogP contribution is 2.31. The fraction of sp³-hybridized carbons (Fsp3) is 0.100. The quantitative estimate of drug-likeness (QED) is 0.578. The first-order chi connectivity index (χ1) is 13.1. The van der Waals surface area contributed by atoms with Crippen molar-refractivity contribution in [1.82, 2.24) is 19.5 Å². The van der Waals surface area contributed by atoms with Gasteiger partial charge in [-0.3, -0.25) is 14.8 Å². The molecule has 0 radical (unpaired) electrons. The van der Waals surface area contributed by atoms with Crippen LogP contribution >= 0.6 is 11.3 Å². The van der Waals surface area contributed by atoms with E-state index in [4.69, 9.17) is 10.7 Å². The summed E-state index contributed by atoms with van der Waals surface area (Å²) in [6, 6.07) is 11.9. The Balaban J connectivity index is 1.79. The van der Waals surface area contributed by atoms with Gasteiger partial charge >= 0.3 is 0 Å². The molecule has 134 valence electrons. The lowest BCUT2D eigenvalue weighted by Crippen LogP contribution is -2.12. The number of hydrogen-bond acceptors (Lipinski definition) is 5. The number of nitrogens with two attached hydrogens (primary N) is 1. The van der Waals surface area contributed by atoms with Crippen LogP contribution in [0, 0.1) is 6.92 Å².